The number of rotatable bonds is 5. The third-order valence-corrected chi connectivity index (χ3v) is 6.87. The lowest BCUT2D eigenvalue weighted by Gasteiger charge is -2.15. The second-order valence-electron chi connectivity index (χ2n) is 7.12. The van der Waals surface area contributed by atoms with Gasteiger partial charge in [-0.3, -0.25) is 4.79 Å². The van der Waals surface area contributed by atoms with Gasteiger partial charge >= 0.3 is 0 Å². The number of carbonyl (C=O) groups is 1. The number of nitriles is 1. The molecular formula is C23H17FN2O5S. The molecule has 1 heterocycles. The molecule has 0 unspecified atom stereocenters. The highest BCUT2D eigenvalue weighted by Gasteiger charge is 2.42. The van der Waals surface area contributed by atoms with E-state index in [1.165, 1.54) is 25.3 Å². The molecule has 7 nitrogen and oxygen atoms in total. The van der Waals surface area contributed by atoms with Crippen molar-refractivity contribution in [3.8, 4) is 23.3 Å². The van der Waals surface area contributed by atoms with Crippen LogP contribution in [-0.4, -0.2) is 25.7 Å². The lowest BCUT2D eigenvalue weighted by Crippen LogP contribution is -2.29. The molecule has 0 aliphatic carbocycles. The zero-order valence-electron chi connectivity index (χ0n) is 17.1. The Morgan fingerprint density at radius 1 is 1.06 bits per heavy atom. The molecule has 1 aliphatic rings. The number of amides is 1. The van der Waals surface area contributed by atoms with E-state index in [0.29, 0.717) is 16.9 Å². The third kappa shape index (κ3) is 3.65. The van der Waals surface area contributed by atoms with Gasteiger partial charge in [-0.15, -0.1) is 0 Å². The van der Waals surface area contributed by atoms with Crippen LogP contribution in [0.1, 0.15) is 27.0 Å². The van der Waals surface area contributed by atoms with E-state index >= 15 is 0 Å². The molecule has 3 aromatic carbocycles. The van der Waals surface area contributed by atoms with Crippen LogP contribution >= 0.6 is 0 Å². The molecular weight excluding hydrogens is 435 g/mol. The fourth-order valence-corrected chi connectivity index (χ4v) is 5.08. The molecule has 162 valence electrons. The third-order valence-electron chi connectivity index (χ3n) is 5.10. The second-order valence-corrected chi connectivity index (χ2v) is 8.95. The minimum atomic E-state index is -4.05. The summed E-state index contributed by atoms with van der Waals surface area (Å²) < 4.78 is 51.4. The Morgan fingerprint density at radius 2 is 1.78 bits per heavy atom. The van der Waals surface area contributed by atoms with Crippen molar-refractivity contribution in [2.75, 3.05) is 7.11 Å². The summed E-state index contributed by atoms with van der Waals surface area (Å²) in [7, 11) is -2.52. The molecule has 0 atom stereocenters. The van der Waals surface area contributed by atoms with E-state index in [-0.39, 0.29) is 34.1 Å². The summed E-state index contributed by atoms with van der Waals surface area (Å²) in [6.07, 6.45) is 0. The van der Waals surface area contributed by atoms with Gasteiger partial charge in [0.2, 0.25) is 0 Å². The monoisotopic (exact) mass is 452 g/mol. The van der Waals surface area contributed by atoms with Gasteiger partial charge in [0, 0.05) is 11.6 Å². The maximum atomic E-state index is 13.7. The maximum absolute atomic E-state index is 13.7. The standard InChI is InChI=1S/C23H17FN2O5S/c1-14-20(31-19-10-16(12-25)9-17(24)11-19)7-8-21-22(14)23(27)26(32(21,28)29)13-15-3-5-18(30-2)6-4-15/h3-11H,13H2,1-2H3. The van der Waals surface area contributed by atoms with E-state index in [4.69, 9.17) is 14.7 Å². The second kappa shape index (κ2) is 7.98. The van der Waals surface area contributed by atoms with Crippen molar-refractivity contribution in [3.63, 3.8) is 0 Å². The van der Waals surface area contributed by atoms with Crippen molar-refractivity contribution < 1.29 is 27.1 Å². The number of sulfonamides is 1. The Hall–Kier alpha value is -3.90. The first-order valence-corrected chi connectivity index (χ1v) is 10.9. The average molecular weight is 452 g/mol. The highest BCUT2D eigenvalue weighted by Crippen LogP contribution is 2.38. The minimum absolute atomic E-state index is 0.00733. The van der Waals surface area contributed by atoms with Crippen molar-refractivity contribution in [3.05, 3.63) is 82.7 Å². The van der Waals surface area contributed by atoms with Crippen LogP contribution in [0.15, 0.2) is 59.5 Å². The first kappa shape index (κ1) is 21.3. The zero-order valence-corrected chi connectivity index (χ0v) is 17.9. The van der Waals surface area contributed by atoms with E-state index in [1.807, 2.05) is 6.07 Å². The zero-order chi connectivity index (χ0) is 23.0. The summed E-state index contributed by atoms with van der Waals surface area (Å²) in [5.41, 5.74) is 1.00. The van der Waals surface area contributed by atoms with Crippen molar-refractivity contribution in [1.82, 2.24) is 4.31 Å². The average Bonchev–Trinajstić information content (AvgIpc) is 2.96. The van der Waals surface area contributed by atoms with Gasteiger partial charge in [-0.1, -0.05) is 12.1 Å². The van der Waals surface area contributed by atoms with Gasteiger partial charge in [0.15, 0.2) is 0 Å². The molecule has 0 spiro atoms. The van der Waals surface area contributed by atoms with Gasteiger partial charge in [-0.2, -0.15) is 5.26 Å². The van der Waals surface area contributed by atoms with Gasteiger partial charge in [0.05, 0.1) is 30.9 Å². The summed E-state index contributed by atoms with van der Waals surface area (Å²) in [4.78, 5) is 13.0. The summed E-state index contributed by atoms with van der Waals surface area (Å²) in [5.74, 6) is -0.457. The van der Waals surface area contributed by atoms with Crippen LogP contribution in [0.5, 0.6) is 17.2 Å². The van der Waals surface area contributed by atoms with Gasteiger partial charge in [-0.05, 0) is 48.9 Å². The summed E-state index contributed by atoms with van der Waals surface area (Å²) in [6.45, 7) is 1.42. The first-order valence-electron chi connectivity index (χ1n) is 9.46. The topological polar surface area (TPSA) is 96.7 Å². The number of methoxy groups -OCH3 is 1. The highest BCUT2D eigenvalue weighted by atomic mass is 32.2. The molecule has 1 amide bonds. The Labute approximate surface area is 184 Å². The fraction of sp³-hybridized carbons (Fsp3) is 0.130. The van der Waals surface area contributed by atoms with Gasteiger partial charge in [-0.25, -0.2) is 17.1 Å². The molecule has 0 saturated carbocycles. The fourth-order valence-electron chi connectivity index (χ4n) is 3.48. The number of benzene rings is 3. The molecule has 0 bridgehead atoms. The van der Waals surface area contributed by atoms with Gasteiger partial charge in [0.1, 0.15) is 28.0 Å². The van der Waals surface area contributed by atoms with Gasteiger partial charge < -0.3 is 9.47 Å². The summed E-state index contributed by atoms with van der Waals surface area (Å²) >= 11 is 0. The Kier molecular flexibility index (Phi) is 5.32. The van der Waals surface area contributed by atoms with Crippen LogP contribution in [0.2, 0.25) is 0 Å². The summed E-state index contributed by atoms with van der Waals surface area (Å²) in [6, 6.07) is 14.8. The van der Waals surface area contributed by atoms with E-state index in [2.05, 4.69) is 0 Å². The molecule has 0 radical (unpaired) electrons. The predicted octanol–water partition coefficient (Wildman–Crippen LogP) is 4.15. The number of carbonyl (C=O) groups excluding carboxylic acids is 1. The first-order chi connectivity index (χ1) is 15.2. The largest absolute Gasteiger partial charge is 0.497 e. The Bertz CT molecular complexity index is 1380. The van der Waals surface area contributed by atoms with E-state index in [0.717, 1.165) is 16.4 Å². The number of ether oxygens (including phenoxy) is 2. The molecule has 9 heteroatoms. The van der Waals surface area contributed by atoms with E-state index < -0.39 is 21.7 Å². The molecule has 4 rings (SSSR count). The van der Waals surface area contributed by atoms with Crippen molar-refractivity contribution >= 4 is 15.9 Å². The lowest BCUT2D eigenvalue weighted by molar-refractivity contribution is 0.0864. The normalized spacial score (nSPS) is 14.1. The quantitative estimate of drug-likeness (QED) is 0.577. The minimum Gasteiger partial charge on any atom is -0.497 e. The lowest BCUT2D eigenvalue weighted by atomic mass is 10.1. The number of hydrogen-bond donors (Lipinski definition) is 0. The van der Waals surface area contributed by atoms with Crippen LogP contribution in [0.4, 0.5) is 4.39 Å². The number of halogens is 1. The molecule has 1 aliphatic heterocycles. The summed E-state index contributed by atoms with van der Waals surface area (Å²) in [5, 5.41) is 9.01. The smallest absolute Gasteiger partial charge is 0.269 e. The van der Waals surface area contributed by atoms with Crippen molar-refractivity contribution in [2.45, 2.75) is 18.4 Å². The maximum Gasteiger partial charge on any atom is 0.269 e. The van der Waals surface area contributed by atoms with Gasteiger partial charge in [0.25, 0.3) is 15.9 Å². The SMILES string of the molecule is COc1ccc(CN2C(=O)c3c(ccc(Oc4cc(F)cc(C#N)c4)c3C)S2(=O)=O)cc1. The molecule has 0 saturated heterocycles. The highest BCUT2D eigenvalue weighted by molar-refractivity contribution is 7.90. The van der Waals surface area contributed by atoms with Crippen molar-refractivity contribution in [2.24, 2.45) is 0 Å². The molecule has 3 aromatic rings. The Morgan fingerprint density at radius 3 is 2.44 bits per heavy atom. The van der Waals surface area contributed by atoms with Crippen LogP contribution in [0, 0.1) is 24.1 Å². The van der Waals surface area contributed by atoms with E-state index in [1.54, 1.807) is 31.2 Å². The van der Waals surface area contributed by atoms with Crippen LogP contribution in [-0.2, 0) is 16.6 Å². The predicted molar refractivity (Wildman–Crippen MR) is 112 cm³/mol. The number of nitrogens with zero attached hydrogens (tertiary/aromatic N) is 2. The molecule has 0 aromatic heterocycles. The Balaban J connectivity index is 1.69. The van der Waals surface area contributed by atoms with Crippen molar-refractivity contribution in [1.29, 1.82) is 5.26 Å². The van der Waals surface area contributed by atoms with Crippen LogP contribution < -0.4 is 9.47 Å². The number of fused-ring (bicyclic) bond motifs is 1. The van der Waals surface area contributed by atoms with E-state index in [9.17, 15) is 17.6 Å². The van der Waals surface area contributed by atoms with Crippen LogP contribution in [0.25, 0.3) is 0 Å². The molecule has 0 fully saturated rings. The molecule has 0 N–H and O–H groups in total. The molecule has 32 heavy (non-hydrogen) atoms. The number of hydrogen-bond acceptors (Lipinski definition) is 6. The van der Waals surface area contributed by atoms with Crippen LogP contribution in [0.3, 0.4) is 0 Å².